The van der Waals surface area contributed by atoms with E-state index in [1.54, 1.807) is 5.57 Å². The third-order valence-electron chi connectivity index (χ3n) is 3.12. The lowest BCUT2D eigenvalue weighted by Crippen LogP contribution is -2.05. The van der Waals surface area contributed by atoms with Crippen LogP contribution < -0.4 is 0 Å². The molecule has 1 nitrogen and oxygen atoms in total. The summed E-state index contributed by atoms with van der Waals surface area (Å²) in [6.07, 6.45) is 5.77. The van der Waals surface area contributed by atoms with Crippen molar-refractivity contribution >= 4 is 5.71 Å². The minimum absolute atomic E-state index is 0.857. The first kappa shape index (κ1) is 8.74. The summed E-state index contributed by atoms with van der Waals surface area (Å²) in [6, 6.07) is 0. The average Bonchev–Trinajstić information content (AvgIpc) is 2.83. The van der Waals surface area contributed by atoms with Gasteiger partial charge in [-0.1, -0.05) is 13.5 Å². The van der Waals surface area contributed by atoms with Gasteiger partial charge in [0.25, 0.3) is 0 Å². The molecule has 1 saturated carbocycles. The second-order valence-electron chi connectivity index (χ2n) is 4.38. The molecule has 0 saturated heterocycles. The van der Waals surface area contributed by atoms with Crippen LogP contribution in [0.3, 0.4) is 0 Å². The fraction of sp³-hybridized carbons (Fsp3) is 0.583. The molecule has 0 aromatic carbocycles. The lowest BCUT2D eigenvalue weighted by Gasteiger charge is -2.13. The second-order valence-corrected chi connectivity index (χ2v) is 4.38. The van der Waals surface area contributed by atoms with Crippen LogP contribution in [0.5, 0.6) is 0 Å². The SMILES string of the molecule is C=C(C)C1=NC=C(C2CC2C)CC1. The van der Waals surface area contributed by atoms with Crippen molar-refractivity contribution in [1.29, 1.82) is 0 Å². The highest BCUT2D eigenvalue weighted by molar-refractivity contribution is 6.00. The molecular weight excluding hydrogens is 158 g/mol. The van der Waals surface area contributed by atoms with Gasteiger partial charge in [-0.2, -0.15) is 0 Å². The fourth-order valence-electron chi connectivity index (χ4n) is 2.00. The van der Waals surface area contributed by atoms with Crippen molar-refractivity contribution in [3.8, 4) is 0 Å². The molecule has 0 spiro atoms. The molecule has 2 unspecified atom stereocenters. The maximum atomic E-state index is 4.46. The van der Waals surface area contributed by atoms with Crippen LogP contribution in [0.4, 0.5) is 0 Å². The summed E-state index contributed by atoms with van der Waals surface area (Å²) in [5, 5.41) is 0. The van der Waals surface area contributed by atoms with E-state index in [1.807, 2.05) is 6.92 Å². The van der Waals surface area contributed by atoms with Crippen molar-refractivity contribution in [2.24, 2.45) is 16.8 Å². The predicted octanol–water partition coefficient (Wildman–Crippen LogP) is 3.34. The smallest absolute Gasteiger partial charge is 0.0429 e. The highest BCUT2D eigenvalue weighted by atomic mass is 14.7. The van der Waals surface area contributed by atoms with Crippen molar-refractivity contribution in [2.45, 2.75) is 33.1 Å². The third kappa shape index (κ3) is 1.74. The number of hydrogen-bond acceptors (Lipinski definition) is 1. The quantitative estimate of drug-likeness (QED) is 0.610. The first-order chi connectivity index (χ1) is 6.18. The maximum absolute atomic E-state index is 4.46. The minimum atomic E-state index is 0.857. The Morgan fingerprint density at radius 2 is 2.23 bits per heavy atom. The van der Waals surface area contributed by atoms with Crippen molar-refractivity contribution < 1.29 is 0 Å². The topological polar surface area (TPSA) is 12.4 Å². The van der Waals surface area contributed by atoms with Gasteiger partial charge in [0, 0.05) is 11.9 Å². The van der Waals surface area contributed by atoms with Gasteiger partial charge in [-0.15, -0.1) is 0 Å². The van der Waals surface area contributed by atoms with Gasteiger partial charge in [0.15, 0.2) is 0 Å². The molecule has 2 rings (SSSR count). The van der Waals surface area contributed by atoms with Crippen LogP contribution in [-0.2, 0) is 0 Å². The molecule has 2 atom stereocenters. The number of nitrogens with zero attached hydrogens (tertiary/aromatic N) is 1. The summed E-state index contributed by atoms with van der Waals surface area (Å²) in [4.78, 5) is 4.46. The molecule has 0 N–H and O–H groups in total. The Kier molecular flexibility index (Phi) is 2.10. The van der Waals surface area contributed by atoms with Crippen molar-refractivity contribution in [2.75, 3.05) is 0 Å². The van der Waals surface area contributed by atoms with Gasteiger partial charge in [0.1, 0.15) is 0 Å². The van der Waals surface area contributed by atoms with Crippen LogP contribution in [0.25, 0.3) is 0 Å². The Morgan fingerprint density at radius 3 is 2.62 bits per heavy atom. The van der Waals surface area contributed by atoms with Gasteiger partial charge in [-0.3, -0.25) is 4.99 Å². The van der Waals surface area contributed by atoms with Crippen molar-refractivity contribution in [3.05, 3.63) is 23.9 Å². The van der Waals surface area contributed by atoms with E-state index in [2.05, 4.69) is 24.7 Å². The van der Waals surface area contributed by atoms with E-state index >= 15 is 0 Å². The number of aliphatic imine (C=N–C) groups is 1. The predicted molar refractivity (Wildman–Crippen MR) is 56.8 cm³/mol. The second kappa shape index (κ2) is 3.13. The zero-order valence-electron chi connectivity index (χ0n) is 8.51. The van der Waals surface area contributed by atoms with Gasteiger partial charge in [0.05, 0.1) is 0 Å². The molecule has 1 fully saturated rings. The highest BCUT2D eigenvalue weighted by Crippen LogP contribution is 2.45. The largest absolute Gasteiger partial charge is 0.261 e. The molecule has 1 aliphatic carbocycles. The molecule has 0 radical (unpaired) electrons. The van der Waals surface area contributed by atoms with Crippen molar-refractivity contribution in [1.82, 2.24) is 0 Å². The first-order valence-electron chi connectivity index (χ1n) is 5.10. The fourth-order valence-corrected chi connectivity index (χ4v) is 2.00. The van der Waals surface area contributed by atoms with E-state index in [1.165, 1.54) is 18.6 Å². The van der Waals surface area contributed by atoms with E-state index in [-0.39, 0.29) is 0 Å². The highest BCUT2D eigenvalue weighted by Gasteiger charge is 2.35. The molecule has 1 aliphatic heterocycles. The lowest BCUT2D eigenvalue weighted by atomic mass is 9.98. The molecule has 2 aliphatic rings. The number of hydrogen-bond donors (Lipinski definition) is 0. The molecule has 13 heavy (non-hydrogen) atoms. The summed E-state index contributed by atoms with van der Waals surface area (Å²) in [5.74, 6) is 1.77. The molecular formula is C12H17N. The third-order valence-corrected chi connectivity index (χ3v) is 3.12. The maximum Gasteiger partial charge on any atom is 0.0429 e. The van der Waals surface area contributed by atoms with E-state index < -0.39 is 0 Å². The Balaban J connectivity index is 2.06. The number of rotatable bonds is 2. The minimum Gasteiger partial charge on any atom is -0.261 e. The van der Waals surface area contributed by atoms with E-state index in [4.69, 9.17) is 0 Å². The van der Waals surface area contributed by atoms with Crippen LogP contribution >= 0.6 is 0 Å². The van der Waals surface area contributed by atoms with Gasteiger partial charge >= 0.3 is 0 Å². The Labute approximate surface area is 80.3 Å². The summed E-state index contributed by atoms with van der Waals surface area (Å²) < 4.78 is 0. The van der Waals surface area contributed by atoms with Gasteiger partial charge < -0.3 is 0 Å². The molecule has 70 valence electrons. The Hall–Kier alpha value is -0.850. The monoisotopic (exact) mass is 175 g/mol. The van der Waals surface area contributed by atoms with Gasteiger partial charge in [-0.25, -0.2) is 0 Å². The standard InChI is InChI=1S/C12H17N/c1-8(2)12-5-4-10(7-13-12)11-6-9(11)3/h7,9,11H,1,4-6H2,2-3H3. The zero-order valence-corrected chi connectivity index (χ0v) is 8.51. The van der Waals surface area contributed by atoms with E-state index in [9.17, 15) is 0 Å². The normalized spacial score (nSPS) is 32.2. The molecule has 0 bridgehead atoms. The van der Waals surface area contributed by atoms with Crippen LogP contribution in [0.1, 0.15) is 33.1 Å². The van der Waals surface area contributed by atoms with Gasteiger partial charge in [-0.05, 0) is 49.2 Å². The summed E-state index contributed by atoms with van der Waals surface area (Å²) in [5.41, 5.74) is 3.88. The Bertz CT molecular complexity index is 296. The molecule has 0 aromatic rings. The van der Waals surface area contributed by atoms with E-state index in [0.29, 0.717) is 0 Å². The first-order valence-corrected chi connectivity index (χ1v) is 5.10. The molecule has 1 heteroatoms. The van der Waals surface area contributed by atoms with Crippen LogP contribution in [0, 0.1) is 11.8 Å². The van der Waals surface area contributed by atoms with Gasteiger partial charge in [0.2, 0.25) is 0 Å². The van der Waals surface area contributed by atoms with E-state index in [0.717, 1.165) is 23.8 Å². The summed E-state index contributed by atoms with van der Waals surface area (Å²) in [6.45, 7) is 8.28. The Morgan fingerprint density at radius 1 is 1.54 bits per heavy atom. The van der Waals surface area contributed by atoms with Crippen molar-refractivity contribution in [3.63, 3.8) is 0 Å². The molecule has 1 heterocycles. The van der Waals surface area contributed by atoms with Crippen LogP contribution in [0.15, 0.2) is 28.9 Å². The zero-order chi connectivity index (χ0) is 9.42. The number of allylic oxidation sites excluding steroid dienone is 2. The lowest BCUT2D eigenvalue weighted by molar-refractivity contribution is 0.788. The average molecular weight is 175 g/mol. The summed E-state index contributed by atoms with van der Waals surface area (Å²) >= 11 is 0. The molecule has 0 amide bonds. The molecule has 0 aromatic heterocycles. The van der Waals surface area contributed by atoms with Crippen LogP contribution in [0.2, 0.25) is 0 Å². The van der Waals surface area contributed by atoms with Crippen LogP contribution in [-0.4, -0.2) is 5.71 Å². The summed E-state index contributed by atoms with van der Waals surface area (Å²) in [7, 11) is 0.